The van der Waals surface area contributed by atoms with E-state index in [1.54, 1.807) is 0 Å². The minimum Gasteiger partial charge on any atom is -0.335 e. The zero-order valence-electron chi connectivity index (χ0n) is 16.7. The summed E-state index contributed by atoms with van der Waals surface area (Å²) >= 11 is 1.32. The number of aryl methyl sites for hydroxylation is 1. The summed E-state index contributed by atoms with van der Waals surface area (Å²) < 4.78 is 0. The predicted octanol–water partition coefficient (Wildman–Crippen LogP) is 3.93. The van der Waals surface area contributed by atoms with Crippen LogP contribution < -0.4 is 10.6 Å². The summed E-state index contributed by atoms with van der Waals surface area (Å²) in [5.74, 6) is -0.110. The number of piperidine rings is 1. The summed E-state index contributed by atoms with van der Waals surface area (Å²) in [5, 5.41) is 15.6. The van der Waals surface area contributed by atoms with Gasteiger partial charge in [-0.25, -0.2) is 4.79 Å². The molecule has 0 spiro atoms. The summed E-state index contributed by atoms with van der Waals surface area (Å²) in [6.45, 7) is 3.41. The molecule has 4 rings (SSSR count). The predicted molar refractivity (Wildman–Crippen MR) is 113 cm³/mol. The van der Waals surface area contributed by atoms with Gasteiger partial charge in [-0.05, 0) is 44.7 Å². The van der Waals surface area contributed by atoms with Crippen molar-refractivity contribution in [1.82, 2.24) is 20.4 Å². The zero-order valence-corrected chi connectivity index (χ0v) is 17.5. The zero-order chi connectivity index (χ0) is 20.2. The van der Waals surface area contributed by atoms with Crippen LogP contribution in [0.2, 0.25) is 0 Å². The van der Waals surface area contributed by atoms with Crippen LogP contribution >= 0.6 is 11.3 Å². The second kappa shape index (κ2) is 8.90. The highest BCUT2D eigenvalue weighted by atomic mass is 32.1. The standard InChI is InChI=1S/C21H27N5O2S/c1-14-8-10-17(11-9-14)22-18(27)20-25-24-19(29-20)15-5-4-12-26(13-15)21(28)23-16-6-2-3-7-16/h8-11,15-16H,2-7,12-13H2,1H3,(H,22,27)(H,23,28)/t15-/m0/s1. The Labute approximate surface area is 174 Å². The van der Waals surface area contributed by atoms with Crippen molar-refractivity contribution >= 4 is 29.0 Å². The number of carbonyl (C=O) groups is 2. The van der Waals surface area contributed by atoms with Crippen LogP contribution in [-0.2, 0) is 0 Å². The number of aromatic nitrogens is 2. The summed E-state index contributed by atoms with van der Waals surface area (Å²) in [6, 6.07) is 8.00. The van der Waals surface area contributed by atoms with E-state index in [9.17, 15) is 9.59 Å². The van der Waals surface area contributed by atoms with Gasteiger partial charge in [0.15, 0.2) is 0 Å². The van der Waals surface area contributed by atoms with Crippen molar-refractivity contribution in [2.75, 3.05) is 18.4 Å². The fourth-order valence-electron chi connectivity index (χ4n) is 4.01. The van der Waals surface area contributed by atoms with Crippen molar-refractivity contribution in [3.8, 4) is 0 Å². The number of benzene rings is 1. The number of likely N-dealkylation sites (tertiary alicyclic amines) is 1. The molecule has 2 heterocycles. The third-order valence-corrected chi connectivity index (χ3v) is 6.77. The lowest BCUT2D eigenvalue weighted by atomic mass is 9.99. The van der Waals surface area contributed by atoms with Crippen molar-refractivity contribution in [3.63, 3.8) is 0 Å². The first-order valence-electron chi connectivity index (χ1n) is 10.4. The minimum absolute atomic E-state index is 0.0310. The quantitative estimate of drug-likeness (QED) is 0.795. The van der Waals surface area contributed by atoms with Crippen molar-refractivity contribution < 1.29 is 9.59 Å². The van der Waals surface area contributed by atoms with E-state index in [1.165, 1.54) is 24.2 Å². The fraction of sp³-hybridized carbons (Fsp3) is 0.524. The summed E-state index contributed by atoms with van der Waals surface area (Å²) in [4.78, 5) is 27.0. The molecule has 2 fully saturated rings. The molecule has 1 aromatic heterocycles. The Morgan fingerprint density at radius 1 is 1.07 bits per heavy atom. The van der Waals surface area contributed by atoms with Gasteiger partial charge < -0.3 is 15.5 Å². The number of hydrogen-bond donors (Lipinski definition) is 2. The molecular formula is C21H27N5O2S. The number of hydrogen-bond acceptors (Lipinski definition) is 5. The number of nitrogens with zero attached hydrogens (tertiary/aromatic N) is 3. The van der Waals surface area contributed by atoms with Gasteiger partial charge in [0.2, 0.25) is 5.01 Å². The van der Waals surface area contributed by atoms with E-state index in [0.29, 0.717) is 17.6 Å². The van der Waals surface area contributed by atoms with Gasteiger partial charge in [-0.15, -0.1) is 10.2 Å². The lowest BCUT2D eigenvalue weighted by Crippen LogP contribution is -2.47. The molecule has 2 N–H and O–H groups in total. The second-order valence-corrected chi connectivity index (χ2v) is 8.99. The Bertz CT molecular complexity index is 860. The smallest absolute Gasteiger partial charge is 0.317 e. The third-order valence-electron chi connectivity index (χ3n) is 5.68. The van der Waals surface area contributed by atoms with Crippen LogP contribution in [0.5, 0.6) is 0 Å². The molecule has 2 aromatic rings. The van der Waals surface area contributed by atoms with E-state index >= 15 is 0 Å². The van der Waals surface area contributed by atoms with Crippen LogP contribution in [0.1, 0.15) is 64.8 Å². The van der Waals surface area contributed by atoms with Gasteiger partial charge >= 0.3 is 6.03 Å². The molecule has 29 heavy (non-hydrogen) atoms. The number of urea groups is 1. The maximum Gasteiger partial charge on any atom is 0.317 e. The number of nitrogens with one attached hydrogen (secondary N) is 2. The maximum absolute atomic E-state index is 12.6. The van der Waals surface area contributed by atoms with Gasteiger partial charge in [0.1, 0.15) is 5.01 Å². The molecular weight excluding hydrogens is 386 g/mol. The SMILES string of the molecule is Cc1ccc(NC(=O)c2nnc([C@H]3CCCN(C(=O)NC4CCCC4)C3)s2)cc1. The van der Waals surface area contributed by atoms with Gasteiger partial charge in [0.05, 0.1) is 0 Å². The molecule has 7 nitrogen and oxygen atoms in total. The average molecular weight is 414 g/mol. The maximum atomic E-state index is 12.6. The van der Waals surface area contributed by atoms with Crippen LogP contribution in [0, 0.1) is 6.92 Å². The van der Waals surface area contributed by atoms with Crippen molar-refractivity contribution in [1.29, 1.82) is 0 Å². The molecule has 1 atom stereocenters. The van der Waals surface area contributed by atoms with Gasteiger partial charge in [0.25, 0.3) is 5.91 Å². The highest BCUT2D eigenvalue weighted by Gasteiger charge is 2.29. The van der Waals surface area contributed by atoms with Crippen molar-refractivity contribution in [2.45, 2.75) is 57.4 Å². The molecule has 0 unspecified atom stereocenters. The lowest BCUT2D eigenvalue weighted by molar-refractivity contribution is 0.102. The first kappa shape index (κ1) is 19.8. The fourth-order valence-corrected chi connectivity index (χ4v) is 4.88. The van der Waals surface area contributed by atoms with Crippen LogP contribution in [-0.4, -0.2) is 46.2 Å². The minimum atomic E-state index is -0.246. The van der Waals surface area contributed by atoms with Crippen LogP contribution in [0.15, 0.2) is 24.3 Å². The van der Waals surface area contributed by atoms with E-state index in [1.807, 2.05) is 36.1 Å². The van der Waals surface area contributed by atoms with Gasteiger partial charge in [0, 0.05) is 30.7 Å². The van der Waals surface area contributed by atoms with Crippen LogP contribution in [0.3, 0.4) is 0 Å². The summed E-state index contributed by atoms with van der Waals surface area (Å²) in [6.07, 6.45) is 6.46. The Kier molecular flexibility index (Phi) is 6.08. The number of rotatable bonds is 4. The third kappa shape index (κ3) is 4.93. The van der Waals surface area contributed by atoms with E-state index in [2.05, 4.69) is 20.8 Å². The normalized spacial score (nSPS) is 19.9. The van der Waals surface area contributed by atoms with Gasteiger partial charge in [-0.3, -0.25) is 4.79 Å². The van der Waals surface area contributed by atoms with E-state index in [4.69, 9.17) is 0 Å². The molecule has 1 aliphatic carbocycles. The Hall–Kier alpha value is -2.48. The van der Waals surface area contributed by atoms with E-state index < -0.39 is 0 Å². The molecule has 0 radical (unpaired) electrons. The molecule has 3 amide bonds. The first-order valence-corrected chi connectivity index (χ1v) is 11.2. The van der Waals surface area contributed by atoms with Crippen molar-refractivity contribution in [3.05, 3.63) is 39.8 Å². The number of amides is 3. The molecule has 1 aliphatic heterocycles. The van der Waals surface area contributed by atoms with Gasteiger partial charge in [-0.2, -0.15) is 0 Å². The second-order valence-electron chi connectivity index (χ2n) is 7.98. The average Bonchev–Trinajstić information content (AvgIpc) is 3.42. The topological polar surface area (TPSA) is 87.2 Å². The Morgan fingerprint density at radius 3 is 2.59 bits per heavy atom. The van der Waals surface area contributed by atoms with E-state index in [0.717, 1.165) is 48.5 Å². The summed E-state index contributed by atoms with van der Waals surface area (Å²) in [7, 11) is 0. The summed E-state index contributed by atoms with van der Waals surface area (Å²) in [5.41, 5.74) is 1.88. The lowest BCUT2D eigenvalue weighted by Gasteiger charge is -2.32. The molecule has 154 valence electrons. The van der Waals surface area contributed by atoms with Crippen LogP contribution in [0.25, 0.3) is 0 Å². The molecule has 1 aromatic carbocycles. The van der Waals surface area contributed by atoms with Crippen molar-refractivity contribution in [2.24, 2.45) is 0 Å². The Balaban J connectivity index is 1.36. The number of carbonyl (C=O) groups excluding carboxylic acids is 2. The molecule has 0 bridgehead atoms. The highest BCUT2D eigenvalue weighted by molar-refractivity contribution is 7.13. The van der Waals surface area contributed by atoms with Gasteiger partial charge in [-0.1, -0.05) is 41.9 Å². The first-order chi connectivity index (χ1) is 14.1. The molecule has 8 heteroatoms. The molecule has 1 saturated carbocycles. The van der Waals surface area contributed by atoms with E-state index in [-0.39, 0.29) is 17.9 Å². The number of anilines is 1. The molecule has 1 saturated heterocycles. The monoisotopic (exact) mass is 413 g/mol. The molecule has 2 aliphatic rings. The van der Waals surface area contributed by atoms with Crippen LogP contribution in [0.4, 0.5) is 10.5 Å². The Morgan fingerprint density at radius 2 is 1.83 bits per heavy atom. The highest BCUT2D eigenvalue weighted by Crippen LogP contribution is 2.29. The largest absolute Gasteiger partial charge is 0.335 e.